The van der Waals surface area contributed by atoms with Gasteiger partial charge in [0.05, 0.1) is 13.2 Å². The number of rotatable bonds is 8. The molecule has 0 aliphatic heterocycles. The van der Waals surface area contributed by atoms with Gasteiger partial charge in [0.1, 0.15) is 0 Å². The Morgan fingerprint density at radius 2 is 2.11 bits per heavy atom. The van der Waals surface area contributed by atoms with Crippen LogP contribution in [0.4, 0.5) is 4.39 Å². The van der Waals surface area contributed by atoms with Crippen molar-refractivity contribution < 1.29 is 18.7 Å². The first kappa shape index (κ1) is 16.0. The molecule has 0 spiro atoms. The molecule has 0 amide bonds. The van der Waals surface area contributed by atoms with E-state index in [-0.39, 0.29) is 17.5 Å². The van der Waals surface area contributed by atoms with E-state index in [0.717, 1.165) is 19.3 Å². The average Bonchev–Trinajstić information content (AvgIpc) is 2.36. The lowest BCUT2D eigenvalue weighted by Gasteiger charge is -2.07. The fourth-order valence-corrected chi connectivity index (χ4v) is 1.89. The first-order valence-corrected chi connectivity index (χ1v) is 7.16. The number of hydrogen-bond donors (Lipinski definition) is 0. The fourth-order valence-electron chi connectivity index (χ4n) is 1.56. The highest BCUT2D eigenvalue weighted by molar-refractivity contribution is 9.10. The Labute approximate surface area is 121 Å². The minimum Gasteiger partial charge on any atom is -0.491 e. The van der Waals surface area contributed by atoms with Crippen molar-refractivity contribution in [3.05, 3.63) is 28.5 Å². The molecular formula is C14H18BrFO3. The van der Waals surface area contributed by atoms with Gasteiger partial charge < -0.3 is 9.47 Å². The van der Waals surface area contributed by atoms with Gasteiger partial charge in [0, 0.05) is 10.9 Å². The summed E-state index contributed by atoms with van der Waals surface area (Å²) in [6, 6.07) is 4.70. The fraction of sp³-hybridized carbons (Fsp3) is 0.500. The lowest BCUT2D eigenvalue weighted by atomic mass is 10.2. The zero-order valence-corrected chi connectivity index (χ0v) is 12.5. The molecule has 0 aliphatic carbocycles. The molecule has 106 valence electrons. The quantitative estimate of drug-likeness (QED) is 0.531. The molecule has 1 rings (SSSR count). The summed E-state index contributed by atoms with van der Waals surface area (Å²) in [6.45, 7) is 2.66. The number of benzene rings is 1. The second kappa shape index (κ2) is 8.91. The van der Waals surface area contributed by atoms with Crippen LogP contribution < -0.4 is 4.74 Å². The first-order chi connectivity index (χ1) is 9.13. The predicted molar refractivity (Wildman–Crippen MR) is 74.7 cm³/mol. The molecule has 3 nitrogen and oxygen atoms in total. The van der Waals surface area contributed by atoms with Crippen LogP contribution in [0.15, 0.2) is 22.7 Å². The molecular weight excluding hydrogens is 315 g/mol. The van der Waals surface area contributed by atoms with Crippen molar-refractivity contribution >= 4 is 21.9 Å². The van der Waals surface area contributed by atoms with Crippen LogP contribution in [0.3, 0.4) is 0 Å². The summed E-state index contributed by atoms with van der Waals surface area (Å²) in [7, 11) is 0. The van der Waals surface area contributed by atoms with Crippen LogP contribution in [0, 0.1) is 5.82 Å². The van der Waals surface area contributed by atoms with Crippen LogP contribution in [0.1, 0.15) is 32.6 Å². The molecule has 0 aliphatic rings. The number of ether oxygens (including phenoxy) is 2. The summed E-state index contributed by atoms with van der Waals surface area (Å²) >= 11 is 3.19. The lowest BCUT2D eigenvalue weighted by molar-refractivity contribution is -0.143. The number of hydrogen-bond acceptors (Lipinski definition) is 3. The van der Waals surface area contributed by atoms with Crippen LogP contribution in [-0.4, -0.2) is 19.2 Å². The molecule has 0 atom stereocenters. The molecule has 0 saturated carbocycles. The van der Waals surface area contributed by atoms with Crippen molar-refractivity contribution in [2.24, 2.45) is 0 Å². The van der Waals surface area contributed by atoms with E-state index < -0.39 is 0 Å². The topological polar surface area (TPSA) is 35.5 Å². The molecule has 0 N–H and O–H groups in total. The van der Waals surface area contributed by atoms with Crippen LogP contribution >= 0.6 is 15.9 Å². The Balaban J connectivity index is 2.12. The van der Waals surface area contributed by atoms with Crippen molar-refractivity contribution in [3.8, 4) is 5.75 Å². The molecule has 5 heteroatoms. The zero-order valence-electron chi connectivity index (χ0n) is 11.0. The SMILES string of the molecule is CCOC(=O)CCCCCOc1ccc(Br)cc1F. The third-order valence-electron chi connectivity index (χ3n) is 2.48. The first-order valence-electron chi connectivity index (χ1n) is 6.37. The summed E-state index contributed by atoms with van der Waals surface area (Å²) in [6.07, 6.45) is 2.84. The molecule has 1 aromatic rings. The summed E-state index contributed by atoms with van der Waals surface area (Å²) in [5.41, 5.74) is 0. The predicted octanol–water partition coefficient (Wildman–Crippen LogP) is 4.09. The monoisotopic (exact) mass is 332 g/mol. The highest BCUT2D eigenvalue weighted by Crippen LogP contribution is 2.21. The highest BCUT2D eigenvalue weighted by Gasteiger charge is 2.04. The van der Waals surface area contributed by atoms with Gasteiger partial charge in [-0.3, -0.25) is 4.79 Å². The normalized spacial score (nSPS) is 10.3. The maximum Gasteiger partial charge on any atom is 0.305 e. The molecule has 0 fully saturated rings. The van der Waals surface area contributed by atoms with Crippen molar-refractivity contribution in [1.29, 1.82) is 0 Å². The minimum absolute atomic E-state index is 0.164. The van der Waals surface area contributed by atoms with Crippen LogP contribution in [0.25, 0.3) is 0 Å². The van der Waals surface area contributed by atoms with Gasteiger partial charge in [-0.1, -0.05) is 15.9 Å². The van der Waals surface area contributed by atoms with Gasteiger partial charge in [-0.2, -0.15) is 0 Å². The lowest BCUT2D eigenvalue weighted by Crippen LogP contribution is -2.04. The second-order valence-corrected chi connectivity index (χ2v) is 4.95. The van der Waals surface area contributed by atoms with Gasteiger partial charge in [0.2, 0.25) is 0 Å². The van der Waals surface area contributed by atoms with Gasteiger partial charge in [-0.05, 0) is 44.4 Å². The van der Waals surface area contributed by atoms with Gasteiger partial charge in [0.15, 0.2) is 11.6 Å². The van der Waals surface area contributed by atoms with E-state index >= 15 is 0 Å². The van der Waals surface area contributed by atoms with Crippen molar-refractivity contribution in [2.45, 2.75) is 32.6 Å². The summed E-state index contributed by atoms with van der Waals surface area (Å²) in [5.74, 6) is -0.281. The minimum atomic E-state index is -0.374. The number of unbranched alkanes of at least 4 members (excludes halogenated alkanes) is 2. The third-order valence-corrected chi connectivity index (χ3v) is 2.98. The number of halogens is 2. The molecule has 0 heterocycles. The van der Waals surface area contributed by atoms with Gasteiger partial charge in [0.25, 0.3) is 0 Å². The van der Waals surface area contributed by atoms with Crippen LogP contribution in [0.2, 0.25) is 0 Å². The Hall–Kier alpha value is -1.10. The molecule has 0 radical (unpaired) electrons. The maximum absolute atomic E-state index is 13.4. The number of carbonyl (C=O) groups excluding carboxylic acids is 1. The van der Waals surface area contributed by atoms with E-state index in [2.05, 4.69) is 15.9 Å². The number of carbonyl (C=O) groups is 1. The summed E-state index contributed by atoms with van der Waals surface area (Å²) in [4.78, 5) is 11.1. The molecule has 19 heavy (non-hydrogen) atoms. The second-order valence-electron chi connectivity index (χ2n) is 4.04. The van der Waals surface area contributed by atoms with Crippen molar-refractivity contribution in [3.63, 3.8) is 0 Å². The Kier molecular flexibility index (Phi) is 7.48. The molecule has 0 saturated heterocycles. The smallest absolute Gasteiger partial charge is 0.305 e. The molecule has 0 aromatic heterocycles. The van der Waals surface area contributed by atoms with Crippen molar-refractivity contribution in [2.75, 3.05) is 13.2 Å². The van der Waals surface area contributed by atoms with E-state index in [1.807, 2.05) is 0 Å². The Morgan fingerprint density at radius 3 is 2.79 bits per heavy atom. The molecule has 0 bridgehead atoms. The van der Waals surface area contributed by atoms with Gasteiger partial charge in [-0.15, -0.1) is 0 Å². The average molecular weight is 333 g/mol. The zero-order chi connectivity index (χ0) is 14.1. The molecule has 1 aromatic carbocycles. The largest absolute Gasteiger partial charge is 0.491 e. The summed E-state index contributed by atoms with van der Waals surface area (Å²) < 4.78 is 24.2. The van der Waals surface area contributed by atoms with E-state index in [1.54, 1.807) is 19.1 Å². The molecule has 0 unspecified atom stereocenters. The standard InChI is InChI=1S/C14H18BrFO3/c1-2-18-14(17)6-4-3-5-9-19-13-8-7-11(15)10-12(13)16/h7-8,10H,2-6,9H2,1H3. The highest BCUT2D eigenvalue weighted by atomic mass is 79.9. The van der Waals surface area contributed by atoms with Crippen molar-refractivity contribution in [1.82, 2.24) is 0 Å². The van der Waals surface area contributed by atoms with E-state index in [0.29, 0.717) is 24.1 Å². The summed E-state index contributed by atoms with van der Waals surface area (Å²) in [5, 5.41) is 0. The van der Waals surface area contributed by atoms with Crippen LogP contribution in [-0.2, 0) is 9.53 Å². The maximum atomic E-state index is 13.4. The Morgan fingerprint density at radius 1 is 1.32 bits per heavy atom. The third kappa shape index (κ3) is 6.57. The Bertz CT molecular complexity index is 410. The number of esters is 1. The van der Waals surface area contributed by atoms with E-state index in [1.165, 1.54) is 6.07 Å². The van der Waals surface area contributed by atoms with Gasteiger partial charge >= 0.3 is 5.97 Å². The van der Waals surface area contributed by atoms with Gasteiger partial charge in [-0.25, -0.2) is 4.39 Å². The van der Waals surface area contributed by atoms with E-state index in [9.17, 15) is 9.18 Å². The van der Waals surface area contributed by atoms with E-state index in [4.69, 9.17) is 9.47 Å². The van der Waals surface area contributed by atoms with Crippen LogP contribution in [0.5, 0.6) is 5.75 Å².